The van der Waals surface area contributed by atoms with Crippen LogP contribution in [0.3, 0.4) is 0 Å². The summed E-state index contributed by atoms with van der Waals surface area (Å²) in [5, 5.41) is 22.5. The summed E-state index contributed by atoms with van der Waals surface area (Å²) in [6.07, 6.45) is 1.37. The van der Waals surface area contributed by atoms with Gasteiger partial charge < -0.3 is 15.2 Å². The summed E-state index contributed by atoms with van der Waals surface area (Å²) in [5.41, 5.74) is 0. The van der Waals surface area contributed by atoms with Gasteiger partial charge in [0.15, 0.2) is 11.2 Å². The summed E-state index contributed by atoms with van der Waals surface area (Å²) >= 11 is 0.938. The third-order valence-corrected chi connectivity index (χ3v) is 3.44. The van der Waals surface area contributed by atoms with Gasteiger partial charge in [0.1, 0.15) is 6.20 Å². The highest BCUT2D eigenvalue weighted by Gasteiger charge is 2.30. The molecule has 0 aromatic carbocycles. The van der Waals surface area contributed by atoms with E-state index in [1.165, 1.54) is 6.20 Å². The van der Waals surface area contributed by atoms with Gasteiger partial charge in [0, 0.05) is 6.54 Å². The lowest BCUT2D eigenvalue weighted by molar-refractivity contribution is -0.380. The minimum Gasteiger partial charge on any atom is -0.479 e. The summed E-state index contributed by atoms with van der Waals surface area (Å²) < 4.78 is 5.28. The van der Waals surface area contributed by atoms with Gasteiger partial charge >= 0.3 is 11.0 Å². The number of nitrogens with zero attached hydrogens (tertiary/aromatic N) is 2. The van der Waals surface area contributed by atoms with E-state index in [4.69, 9.17) is 9.84 Å². The molecule has 0 amide bonds. The highest BCUT2D eigenvalue weighted by molar-refractivity contribution is 7.18. The van der Waals surface area contributed by atoms with E-state index in [0.717, 1.165) is 11.3 Å². The first kappa shape index (κ1) is 12.7. The highest BCUT2D eigenvalue weighted by Crippen LogP contribution is 2.26. The Bertz CT molecular complexity index is 463. The lowest BCUT2D eigenvalue weighted by Crippen LogP contribution is -2.24. The number of ether oxygens (including phenoxy) is 1. The van der Waals surface area contributed by atoms with Gasteiger partial charge in [-0.3, -0.25) is 10.1 Å². The van der Waals surface area contributed by atoms with E-state index in [1.807, 2.05) is 0 Å². The maximum Gasteiger partial charge on any atom is 0.345 e. The van der Waals surface area contributed by atoms with Crippen LogP contribution in [-0.4, -0.2) is 39.7 Å². The molecule has 0 bridgehead atoms. The fourth-order valence-corrected chi connectivity index (χ4v) is 2.31. The summed E-state index contributed by atoms with van der Waals surface area (Å²) in [5.74, 6) is -0.956. The SMILES string of the molecule is O=C(O)C1CCC(CNc2ncc([N+](=O)[O-])s2)O1. The van der Waals surface area contributed by atoms with Gasteiger partial charge in [-0.1, -0.05) is 0 Å². The minimum atomic E-state index is -0.956. The number of carboxylic acids is 1. The van der Waals surface area contributed by atoms with Crippen LogP contribution in [0.25, 0.3) is 0 Å². The Morgan fingerprint density at radius 1 is 1.72 bits per heavy atom. The molecule has 2 heterocycles. The largest absolute Gasteiger partial charge is 0.479 e. The molecular formula is C9H11N3O5S. The number of aromatic nitrogens is 1. The third-order valence-electron chi connectivity index (χ3n) is 2.54. The van der Waals surface area contributed by atoms with Crippen LogP contribution in [0.5, 0.6) is 0 Å². The number of carboxylic acid groups (broad SMARTS) is 1. The van der Waals surface area contributed by atoms with Gasteiger partial charge in [0.25, 0.3) is 0 Å². The van der Waals surface area contributed by atoms with Crippen molar-refractivity contribution >= 4 is 27.4 Å². The molecule has 1 aliphatic rings. The van der Waals surface area contributed by atoms with E-state index in [-0.39, 0.29) is 11.1 Å². The fourth-order valence-electron chi connectivity index (χ4n) is 1.67. The molecule has 2 unspecified atom stereocenters. The first-order valence-electron chi connectivity index (χ1n) is 5.28. The van der Waals surface area contributed by atoms with Crippen LogP contribution in [0.15, 0.2) is 6.20 Å². The molecule has 8 nitrogen and oxygen atoms in total. The first-order valence-corrected chi connectivity index (χ1v) is 6.10. The number of carbonyl (C=O) groups is 1. The number of rotatable bonds is 5. The van der Waals surface area contributed by atoms with Crippen LogP contribution in [-0.2, 0) is 9.53 Å². The molecule has 0 radical (unpaired) electrons. The molecule has 1 fully saturated rings. The Morgan fingerprint density at radius 3 is 3.06 bits per heavy atom. The summed E-state index contributed by atoms with van der Waals surface area (Å²) in [6, 6.07) is 0. The van der Waals surface area contributed by atoms with Crippen molar-refractivity contribution in [1.29, 1.82) is 0 Å². The molecule has 0 aliphatic carbocycles. The molecule has 0 spiro atoms. The lowest BCUT2D eigenvalue weighted by atomic mass is 10.2. The molecule has 98 valence electrons. The molecular weight excluding hydrogens is 262 g/mol. The van der Waals surface area contributed by atoms with Crippen LogP contribution in [0.2, 0.25) is 0 Å². The smallest absolute Gasteiger partial charge is 0.345 e. The molecule has 0 saturated carbocycles. The maximum atomic E-state index is 10.7. The molecule has 18 heavy (non-hydrogen) atoms. The zero-order chi connectivity index (χ0) is 13.1. The molecule has 9 heteroatoms. The fraction of sp³-hybridized carbons (Fsp3) is 0.556. The van der Waals surface area contributed by atoms with E-state index in [1.54, 1.807) is 0 Å². The van der Waals surface area contributed by atoms with Crippen LogP contribution in [0.4, 0.5) is 10.1 Å². The second-order valence-electron chi connectivity index (χ2n) is 3.80. The summed E-state index contributed by atoms with van der Waals surface area (Å²) in [4.78, 5) is 24.5. The van der Waals surface area contributed by atoms with Crippen molar-refractivity contribution in [2.75, 3.05) is 11.9 Å². The summed E-state index contributed by atoms with van der Waals surface area (Å²) in [6.45, 7) is 0.397. The third kappa shape index (κ3) is 2.93. The monoisotopic (exact) mass is 273 g/mol. The quantitative estimate of drug-likeness (QED) is 0.609. The first-order chi connectivity index (χ1) is 8.56. The van der Waals surface area contributed by atoms with Gasteiger partial charge in [-0.15, -0.1) is 0 Å². The molecule has 1 aromatic heterocycles. The van der Waals surface area contributed by atoms with Gasteiger partial charge in [0.2, 0.25) is 0 Å². The average Bonchev–Trinajstić information content (AvgIpc) is 2.95. The number of hydrogen-bond donors (Lipinski definition) is 2. The Hall–Kier alpha value is -1.74. The van der Waals surface area contributed by atoms with Crippen molar-refractivity contribution in [1.82, 2.24) is 4.98 Å². The number of aliphatic carboxylic acids is 1. The molecule has 2 atom stereocenters. The number of nitro groups is 1. The van der Waals surface area contributed by atoms with Crippen LogP contribution in [0.1, 0.15) is 12.8 Å². The standard InChI is InChI=1S/C9H11N3O5S/c13-8(14)6-2-1-5(17-6)3-10-9-11-4-7(18-9)12(15)16/h4-6H,1-3H2,(H,10,11)(H,13,14). The van der Waals surface area contributed by atoms with Crippen LogP contribution in [0, 0.1) is 10.1 Å². The lowest BCUT2D eigenvalue weighted by Gasteiger charge is -2.11. The maximum absolute atomic E-state index is 10.7. The number of hydrogen-bond acceptors (Lipinski definition) is 7. The van der Waals surface area contributed by atoms with E-state index in [0.29, 0.717) is 24.5 Å². The molecule has 2 N–H and O–H groups in total. The van der Waals surface area contributed by atoms with Gasteiger partial charge in [-0.05, 0) is 24.2 Å². The van der Waals surface area contributed by atoms with Crippen molar-refractivity contribution in [3.8, 4) is 0 Å². The minimum absolute atomic E-state index is 0.0340. The Morgan fingerprint density at radius 2 is 2.50 bits per heavy atom. The van der Waals surface area contributed by atoms with Gasteiger partial charge in [0.05, 0.1) is 11.0 Å². The van der Waals surface area contributed by atoms with E-state index < -0.39 is 17.0 Å². The summed E-state index contributed by atoms with van der Waals surface area (Å²) in [7, 11) is 0. The van der Waals surface area contributed by atoms with E-state index in [2.05, 4.69) is 10.3 Å². The Balaban J connectivity index is 1.81. The van der Waals surface area contributed by atoms with Crippen LogP contribution < -0.4 is 5.32 Å². The highest BCUT2D eigenvalue weighted by atomic mass is 32.1. The Labute approximate surface area is 106 Å². The predicted octanol–water partition coefficient (Wildman–Crippen LogP) is 1.10. The van der Waals surface area contributed by atoms with Gasteiger partial charge in [-0.2, -0.15) is 0 Å². The van der Waals surface area contributed by atoms with E-state index >= 15 is 0 Å². The molecule has 2 rings (SSSR count). The number of anilines is 1. The van der Waals surface area contributed by atoms with Crippen molar-refractivity contribution in [3.05, 3.63) is 16.3 Å². The van der Waals surface area contributed by atoms with Crippen molar-refractivity contribution in [2.24, 2.45) is 0 Å². The van der Waals surface area contributed by atoms with E-state index in [9.17, 15) is 14.9 Å². The second kappa shape index (κ2) is 5.27. The predicted molar refractivity (Wildman–Crippen MR) is 62.8 cm³/mol. The van der Waals surface area contributed by atoms with Gasteiger partial charge in [-0.25, -0.2) is 9.78 Å². The van der Waals surface area contributed by atoms with Crippen molar-refractivity contribution < 1.29 is 19.6 Å². The molecule has 1 aliphatic heterocycles. The number of thiazole rings is 1. The Kier molecular flexibility index (Phi) is 3.72. The van der Waals surface area contributed by atoms with Crippen molar-refractivity contribution in [2.45, 2.75) is 25.0 Å². The number of nitrogens with one attached hydrogen (secondary N) is 1. The topological polar surface area (TPSA) is 115 Å². The molecule has 1 saturated heterocycles. The normalized spacial score (nSPS) is 22.9. The second-order valence-corrected chi connectivity index (χ2v) is 4.81. The average molecular weight is 273 g/mol. The van der Waals surface area contributed by atoms with Crippen LogP contribution >= 0.6 is 11.3 Å². The van der Waals surface area contributed by atoms with Crippen molar-refractivity contribution in [3.63, 3.8) is 0 Å². The molecule has 1 aromatic rings. The zero-order valence-corrected chi connectivity index (χ0v) is 10.1. The zero-order valence-electron chi connectivity index (χ0n) is 9.24.